The van der Waals surface area contributed by atoms with Gasteiger partial charge in [0.2, 0.25) is 5.89 Å². The number of rotatable bonds is 5. The molecule has 1 aromatic carbocycles. The molecule has 1 aromatic heterocycles. The highest BCUT2D eigenvalue weighted by Gasteiger charge is 2.19. The molecule has 20 heavy (non-hydrogen) atoms. The van der Waals surface area contributed by atoms with Gasteiger partial charge in [-0.05, 0) is 38.4 Å². The van der Waals surface area contributed by atoms with Crippen LogP contribution in [0.15, 0.2) is 22.7 Å². The van der Waals surface area contributed by atoms with Crippen molar-refractivity contribution in [2.24, 2.45) is 0 Å². The smallest absolute Gasteiger partial charge is 0.211 e. The van der Waals surface area contributed by atoms with Gasteiger partial charge in [0.05, 0.1) is 17.8 Å². The summed E-state index contributed by atoms with van der Waals surface area (Å²) in [4.78, 5) is 4.09. The Morgan fingerprint density at radius 3 is 2.80 bits per heavy atom. The molecule has 0 spiro atoms. The number of oxazole rings is 1. The van der Waals surface area contributed by atoms with Crippen molar-refractivity contribution in [3.05, 3.63) is 41.4 Å². The molecule has 0 amide bonds. The summed E-state index contributed by atoms with van der Waals surface area (Å²) in [5, 5.41) is 3.21. The van der Waals surface area contributed by atoms with E-state index in [1.807, 2.05) is 6.92 Å². The Morgan fingerprint density at radius 1 is 1.35 bits per heavy atom. The van der Waals surface area contributed by atoms with Crippen molar-refractivity contribution >= 4 is 0 Å². The lowest BCUT2D eigenvalue weighted by molar-refractivity contribution is 0.420. The third-order valence-electron chi connectivity index (χ3n) is 3.13. The molecule has 0 saturated heterocycles. The Morgan fingerprint density at radius 2 is 2.10 bits per heavy atom. The van der Waals surface area contributed by atoms with E-state index in [0.717, 1.165) is 13.0 Å². The maximum absolute atomic E-state index is 14.0. The fourth-order valence-corrected chi connectivity index (χ4v) is 1.93. The van der Waals surface area contributed by atoms with Gasteiger partial charge >= 0.3 is 0 Å². The first kappa shape index (κ1) is 14.7. The molecule has 2 aromatic rings. The van der Waals surface area contributed by atoms with Gasteiger partial charge in [-0.25, -0.2) is 13.8 Å². The van der Waals surface area contributed by atoms with E-state index in [1.54, 1.807) is 6.92 Å². The molecule has 108 valence electrons. The Kier molecular flexibility index (Phi) is 4.49. The van der Waals surface area contributed by atoms with Gasteiger partial charge < -0.3 is 9.73 Å². The van der Waals surface area contributed by atoms with Gasteiger partial charge in [0.1, 0.15) is 11.6 Å². The minimum Gasteiger partial charge on any atom is -0.439 e. The second kappa shape index (κ2) is 6.13. The van der Waals surface area contributed by atoms with Crippen LogP contribution in [0, 0.1) is 18.6 Å². The number of halogens is 2. The molecule has 3 nitrogen and oxygen atoms in total. The quantitative estimate of drug-likeness (QED) is 0.900. The van der Waals surface area contributed by atoms with Crippen molar-refractivity contribution in [2.45, 2.75) is 33.2 Å². The van der Waals surface area contributed by atoms with E-state index in [1.165, 1.54) is 18.3 Å². The lowest BCUT2D eigenvalue weighted by Crippen LogP contribution is -2.19. The molecule has 0 aliphatic carbocycles. The van der Waals surface area contributed by atoms with Gasteiger partial charge in [0.15, 0.2) is 5.76 Å². The summed E-state index contributed by atoms with van der Waals surface area (Å²) >= 11 is 0. The second-order valence-electron chi connectivity index (χ2n) is 4.79. The normalized spacial score (nSPS) is 12.7. The molecule has 0 saturated carbocycles. The highest BCUT2D eigenvalue weighted by molar-refractivity contribution is 5.59. The van der Waals surface area contributed by atoms with E-state index >= 15 is 0 Å². The number of benzene rings is 1. The van der Waals surface area contributed by atoms with Crippen LogP contribution in [0.2, 0.25) is 0 Å². The standard InChI is InChI=1S/C15H18F2N2O/c1-4-7-18-10(3)15-19-8-12(20-15)13-11(16)6-5-9(2)14(13)17/h5-6,8,10,18H,4,7H2,1-3H3. The summed E-state index contributed by atoms with van der Waals surface area (Å²) in [6.07, 6.45) is 2.35. The molecule has 0 radical (unpaired) electrons. The first-order valence-electron chi connectivity index (χ1n) is 6.68. The topological polar surface area (TPSA) is 38.1 Å². The van der Waals surface area contributed by atoms with Crippen LogP contribution in [0.5, 0.6) is 0 Å². The summed E-state index contributed by atoms with van der Waals surface area (Å²) in [6, 6.07) is 2.53. The van der Waals surface area contributed by atoms with Gasteiger partial charge in [0, 0.05) is 0 Å². The van der Waals surface area contributed by atoms with Gasteiger partial charge in [-0.2, -0.15) is 0 Å². The maximum Gasteiger partial charge on any atom is 0.211 e. The predicted octanol–water partition coefficient (Wildman–Crippen LogP) is 3.99. The van der Waals surface area contributed by atoms with Crippen LogP contribution >= 0.6 is 0 Å². The van der Waals surface area contributed by atoms with Crippen LogP contribution in [0.3, 0.4) is 0 Å². The molecule has 2 rings (SSSR count). The second-order valence-corrected chi connectivity index (χ2v) is 4.79. The van der Waals surface area contributed by atoms with E-state index in [9.17, 15) is 8.78 Å². The molecule has 0 bridgehead atoms. The molecule has 1 atom stereocenters. The van der Waals surface area contributed by atoms with Crippen LogP contribution in [0.25, 0.3) is 11.3 Å². The number of hydrogen-bond donors (Lipinski definition) is 1. The number of aryl methyl sites for hydroxylation is 1. The van der Waals surface area contributed by atoms with Gasteiger partial charge in [0.25, 0.3) is 0 Å². The third kappa shape index (κ3) is 2.88. The van der Waals surface area contributed by atoms with Crippen LogP contribution in [0.1, 0.15) is 37.8 Å². The minimum absolute atomic E-state index is 0.0976. The molecule has 0 aliphatic rings. The van der Waals surface area contributed by atoms with E-state index in [0.29, 0.717) is 11.5 Å². The van der Waals surface area contributed by atoms with Crippen molar-refractivity contribution in [3.63, 3.8) is 0 Å². The Hall–Kier alpha value is -1.75. The number of hydrogen-bond acceptors (Lipinski definition) is 3. The summed E-state index contributed by atoms with van der Waals surface area (Å²) in [7, 11) is 0. The van der Waals surface area contributed by atoms with Crippen LogP contribution in [-0.4, -0.2) is 11.5 Å². The first-order valence-corrected chi connectivity index (χ1v) is 6.68. The highest BCUT2D eigenvalue weighted by atomic mass is 19.1. The fraction of sp³-hybridized carbons (Fsp3) is 0.400. The minimum atomic E-state index is -0.648. The Bertz CT molecular complexity index is 596. The highest BCUT2D eigenvalue weighted by Crippen LogP contribution is 2.29. The van der Waals surface area contributed by atoms with Crippen molar-refractivity contribution in [1.29, 1.82) is 0 Å². The molecular formula is C15H18F2N2O. The van der Waals surface area contributed by atoms with Gasteiger partial charge in [-0.3, -0.25) is 0 Å². The average Bonchev–Trinajstić information content (AvgIpc) is 2.90. The molecule has 0 aliphatic heterocycles. The molecule has 5 heteroatoms. The van der Waals surface area contributed by atoms with Crippen molar-refractivity contribution in [2.75, 3.05) is 6.54 Å². The molecule has 1 N–H and O–H groups in total. The summed E-state index contributed by atoms with van der Waals surface area (Å²) in [5.41, 5.74) is 0.211. The number of nitrogens with zero attached hydrogens (tertiary/aromatic N) is 1. The van der Waals surface area contributed by atoms with Gasteiger partial charge in [-0.15, -0.1) is 0 Å². The van der Waals surface area contributed by atoms with Crippen molar-refractivity contribution < 1.29 is 13.2 Å². The summed E-state index contributed by atoms with van der Waals surface area (Å²) in [5.74, 6) is -0.718. The Balaban J connectivity index is 2.32. The van der Waals surface area contributed by atoms with E-state index in [-0.39, 0.29) is 17.4 Å². The summed E-state index contributed by atoms with van der Waals surface area (Å²) in [6.45, 7) is 6.36. The largest absolute Gasteiger partial charge is 0.439 e. The number of nitrogens with one attached hydrogen (secondary N) is 1. The zero-order chi connectivity index (χ0) is 14.7. The average molecular weight is 280 g/mol. The van der Waals surface area contributed by atoms with Crippen molar-refractivity contribution in [1.82, 2.24) is 10.3 Å². The predicted molar refractivity (Wildman–Crippen MR) is 73.3 cm³/mol. The fourth-order valence-electron chi connectivity index (χ4n) is 1.93. The molecular weight excluding hydrogens is 262 g/mol. The first-order chi connectivity index (χ1) is 9.54. The van der Waals surface area contributed by atoms with E-state index < -0.39 is 11.6 Å². The SMILES string of the molecule is CCCNC(C)c1ncc(-c2c(F)ccc(C)c2F)o1. The van der Waals surface area contributed by atoms with Crippen LogP contribution in [0.4, 0.5) is 8.78 Å². The lowest BCUT2D eigenvalue weighted by Gasteiger charge is -2.08. The van der Waals surface area contributed by atoms with Crippen LogP contribution in [-0.2, 0) is 0 Å². The van der Waals surface area contributed by atoms with E-state index in [4.69, 9.17) is 4.42 Å². The van der Waals surface area contributed by atoms with Gasteiger partial charge in [-0.1, -0.05) is 13.0 Å². The molecule has 1 heterocycles. The van der Waals surface area contributed by atoms with E-state index in [2.05, 4.69) is 17.2 Å². The zero-order valence-corrected chi connectivity index (χ0v) is 11.8. The Labute approximate surface area is 117 Å². The molecule has 1 unspecified atom stereocenters. The monoisotopic (exact) mass is 280 g/mol. The van der Waals surface area contributed by atoms with Crippen LogP contribution < -0.4 is 5.32 Å². The third-order valence-corrected chi connectivity index (χ3v) is 3.13. The number of aromatic nitrogens is 1. The zero-order valence-electron chi connectivity index (χ0n) is 11.8. The maximum atomic E-state index is 14.0. The summed E-state index contributed by atoms with van der Waals surface area (Å²) < 4.78 is 33.3. The van der Waals surface area contributed by atoms with Crippen molar-refractivity contribution in [3.8, 4) is 11.3 Å². The molecule has 0 fully saturated rings. The lowest BCUT2D eigenvalue weighted by atomic mass is 10.1.